The van der Waals surface area contributed by atoms with Gasteiger partial charge in [-0.25, -0.2) is 13.6 Å². The maximum atomic E-state index is 14.2. The van der Waals surface area contributed by atoms with Crippen molar-refractivity contribution < 1.29 is 18.3 Å². The van der Waals surface area contributed by atoms with Gasteiger partial charge in [-0.1, -0.05) is 18.2 Å². The van der Waals surface area contributed by atoms with E-state index in [9.17, 15) is 13.6 Å². The first-order valence-electron chi connectivity index (χ1n) is 9.14. The minimum atomic E-state index is -1.24. The fourth-order valence-corrected chi connectivity index (χ4v) is 5.26. The fourth-order valence-electron chi connectivity index (χ4n) is 3.32. The predicted molar refractivity (Wildman–Crippen MR) is 113 cm³/mol. The first kappa shape index (κ1) is 19.3. The van der Waals surface area contributed by atoms with Gasteiger partial charge in [0.2, 0.25) is 0 Å². The molecular formula is C24H19F2O2S+. The molecule has 5 heteroatoms. The predicted octanol–water partition coefficient (Wildman–Crippen LogP) is 6.95. The summed E-state index contributed by atoms with van der Waals surface area (Å²) in [5, 5.41) is 3.31. The summed E-state index contributed by atoms with van der Waals surface area (Å²) < 4.78 is 34.2. The molecule has 1 heterocycles. The summed E-state index contributed by atoms with van der Waals surface area (Å²) in [6, 6.07) is 20.8. The van der Waals surface area contributed by atoms with Crippen LogP contribution in [0.1, 0.15) is 29.8 Å². The molecular weight excluding hydrogens is 390 g/mol. The first-order chi connectivity index (χ1) is 13.8. The summed E-state index contributed by atoms with van der Waals surface area (Å²) in [6.07, 6.45) is 0. The lowest BCUT2D eigenvalue weighted by Gasteiger charge is -2.26. The molecule has 0 radical (unpaired) electrons. The number of rotatable bonds is 4. The van der Waals surface area contributed by atoms with Crippen molar-refractivity contribution in [2.75, 3.05) is 0 Å². The SMILES string of the molecule is CC(C)(OC(=O)c1cccc(-[s+]2ccc3ccccc32)c1)c1ccc(F)cc1F. The summed E-state index contributed by atoms with van der Waals surface area (Å²) in [4.78, 5) is 13.8. The Balaban J connectivity index is 1.63. The van der Waals surface area contributed by atoms with E-state index >= 15 is 0 Å². The minimum absolute atomic E-state index is 0.123. The van der Waals surface area contributed by atoms with Gasteiger partial charge < -0.3 is 4.74 Å². The normalized spacial score (nSPS) is 12.2. The average Bonchev–Trinajstić information content (AvgIpc) is 3.11. The smallest absolute Gasteiger partial charge is 0.339 e. The highest BCUT2D eigenvalue weighted by atomic mass is 32.2. The van der Waals surface area contributed by atoms with Crippen molar-refractivity contribution in [2.24, 2.45) is 0 Å². The highest BCUT2D eigenvalue weighted by Crippen LogP contribution is 2.40. The van der Waals surface area contributed by atoms with E-state index in [1.54, 1.807) is 19.9 Å². The van der Waals surface area contributed by atoms with Crippen LogP contribution in [-0.4, -0.2) is 5.97 Å². The highest BCUT2D eigenvalue weighted by molar-refractivity contribution is 7.43. The molecule has 1 unspecified atom stereocenters. The Morgan fingerprint density at radius 1 is 0.931 bits per heavy atom. The van der Waals surface area contributed by atoms with Gasteiger partial charge in [-0.2, -0.15) is 0 Å². The number of benzene rings is 3. The zero-order valence-electron chi connectivity index (χ0n) is 16.0. The molecule has 3 aromatic carbocycles. The molecule has 0 saturated carbocycles. The third kappa shape index (κ3) is 3.78. The maximum Gasteiger partial charge on any atom is 0.339 e. The minimum Gasteiger partial charge on any atom is -0.451 e. The lowest BCUT2D eigenvalue weighted by molar-refractivity contribution is -0.00453. The Hall–Kier alpha value is -3.05. The van der Waals surface area contributed by atoms with Crippen LogP contribution in [0.2, 0.25) is 0 Å². The number of esters is 1. The zero-order chi connectivity index (χ0) is 20.6. The molecule has 29 heavy (non-hydrogen) atoms. The Labute approximate surface area is 170 Å². The fraction of sp³-hybridized carbons (Fsp3) is 0.125. The van der Waals surface area contributed by atoms with E-state index in [1.165, 1.54) is 16.2 Å². The third-order valence-electron chi connectivity index (χ3n) is 4.79. The number of thiophene rings is 1. The van der Waals surface area contributed by atoms with Crippen molar-refractivity contribution in [1.29, 1.82) is 0 Å². The molecule has 1 atom stereocenters. The number of hydrogen-bond acceptors (Lipinski definition) is 2. The van der Waals surface area contributed by atoms with Crippen LogP contribution in [0.15, 0.2) is 78.2 Å². The molecule has 0 amide bonds. The lowest BCUT2D eigenvalue weighted by Crippen LogP contribution is -2.27. The summed E-state index contributed by atoms with van der Waals surface area (Å²) in [5.74, 6) is -1.97. The van der Waals surface area contributed by atoms with E-state index in [0.717, 1.165) is 17.0 Å². The largest absolute Gasteiger partial charge is 0.451 e. The number of carbonyl (C=O) groups is 1. The van der Waals surface area contributed by atoms with Crippen LogP contribution in [-0.2, 0) is 10.3 Å². The van der Waals surface area contributed by atoms with E-state index in [0.29, 0.717) is 5.56 Å². The maximum absolute atomic E-state index is 14.2. The summed E-state index contributed by atoms with van der Waals surface area (Å²) in [6.45, 7) is 3.17. The van der Waals surface area contributed by atoms with Crippen molar-refractivity contribution in [3.8, 4) is 4.90 Å². The second-order valence-electron chi connectivity index (χ2n) is 7.23. The van der Waals surface area contributed by atoms with Gasteiger partial charge in [-0.05, 0) is 50.2 Å². The van der Waals surface area contributed by atoms with E-state index in [4.69, 9.17) is 4.74 Å². The molecule has 1 aromatic heterocycles. The molecule has 0 N–H and O–H groups in total. The van der Waals surface area contributed by atoms with E-state index in [1.807, 2.05) is 30.3 Å². The van der Waals surface area contributed by atoms with Gasteiger partial charge in [-0.3, -0.25) is 0 Å². The molecule has 0 aliphatic heterocycles. The number of halogens is 2. The van der Waals surface area contributed by atoms with Crippen LogP contribution in [0.3, 0.4) is 0 Å². The van der Waals surface area contributed by atoms with Crippen LogP contribution in [0, 0.1) is 11.6 Å². The third-order valence-corrected chi connectivity index (χ3v) is 6.81. The van der Waals surface area contributed by atoms with Gasteiger partial charge in [0, 0.05) is 39.6 Å². The number of hydrogen-bond donors (Lipinski definition) is 0. The Kier molecular flexibility index (Phi) is 4.92. The topological polar surface area (TPSA) is 26.3 Å². The van der Waals surface area contributed by atoms with E-state index in [-0.39, 0.29) is 16.0 Å². The van der Waals surface area contributed by atoms with Crippen LogP contribution in [0.25, 0.3) is 15.0 Å². The number of carbonyl (C=O) groups excluding carboxylic acids is 1. The van der Waals surface area contributed by atoms with Gasteiger partial charge in [0.1, 0.15) is 22.6 Å². The number of ether oxygens (including phenoxy) is 1. The second-order valence-corrected chi connectivity index (χ2v) is 9.09. The molecule has 0 saturated heterocycles. The van der Waals surface area contributed by atoms with Crippen molar-refractivity contribution in [3.63, 3.8) is 0 Å². The quantitative estimate of drug-likeness (QED) is 0.269. The molecule has 2 nitrogen and oxygen atoms in total. The molecule has 4 aromatic rings. The summed E-state index contributed by atoms with van der Waals surface area (Å²) in [5.41, 5.74) is -0.728. The zero-order valence-corrected chi connectivity index (χ0v) is 16.8. The van der Waals surface area contributed by atoms with Crippen molar-refractivity contribution >= 4 is 26.5 Å². The van der Waals surface area contributed by atoms with Crippen molar-refractivity contribution in [2.45, 2.75) is 19.4 Å². The molecule has 0 fully saturated rings. The highest BCUT2D eigenvalue weighted by Gasteiger charge is 2.30. The van der Waals surface area contributed by atoms with E-state index < -0.39 is 23.2 Å². The summed E-state index contributed by atoms with van der Waals surface area (Å²) in [7, 11) is -0.248. The molecule has 0 spiro atoms. The van der Waals surface area contributed by atoms with Crippen LogP contribution >= 0.6 is 10.5 Å². The van der Waals surface area contributed by atoms with Crippen LogP contribution in [0.5, 0.6) is 0 Å². The van der Waals surface area contributed by atoms with Crippen LogP contribution in [0.4, 0.5) is 8.78 Å². The lowest BCUT2D eigenvalue weighted by atomic mass is 9.97. The van der Waals surface area contributed by atoms with Gasteiger partial charge in [-0.15, -0.1) is 0 Å². The Bertz CT molecular complexity index is 1210. The van der Waals surface area contributed by atoms with Gasteiger partial charge in [0.05, 0.1) is 5.56 Å². The summed E-state index contributed by atoms with van der Waals surface area (Å²) >= 11 is 0. The molecule has 0 aliphatic carbocycles. The molecule has 0 bridgehead atoms. The van der Waals surface area contributed by atoms with Crippen molar-refractivity contribution in [3.05, 3.63) is 101 Å². The number of fused-ring (bicyclic) bond motifs is 1. The van der Waals surface area contributed by atoms with Gasteiger partial charge >= 0.3 is 5.97 Å². The first-order valence-corrected chi connectivity index (χ1v) is 10.4. The average molecular weight is 409 g/mol. The standard InChI is InChI=1S/C24H19F2O2S/c1-24(2,20-11-10-18(25)15-21(20)26)28-23(27)17-7-5-8-19(14-17)29-13-12-16-6-3-4-9-22(16)29/h3-15H,1-2H3/q+1. The molecule has 146 valence electrons. The second kappa shape index (κ2) is 7.41. The Morgan fingerprint density at radius 2 is 1.72 bits per heavy atom. The Morgan fingerprint density at radius 3 is 2.52 bits per heavy atom. The van der Waals surface area contributed by atoms with Gasteiger partial charge in [0.25, 0.3) is 0 Å². The van der Waals surface area contributed by atoms with Crippen LogP contribution < -0.4 is 0 Å². The van der Waals surface area contributed by atoms with E-state index in [2.05, 4.69) is 23.6 Å². The molecule has 0 aliphatic rings. The van der Waals surface area contributed by atoms with Gasteiger partial charge in [0.15, 0.2) is 9.60 Å². The monoisotopic (exact) mass is 409 g/mol. The molecule has 4 rings (SSSR count). The van der Waals surface area contributed by atoms with Crippen molar-refractivity contribution in [1.82, 2.24) is 0 Å².